The lowest BCUT2D eigenvalue weighted by Crippen LogP contribution is -2.35. The van der Waals surface area contributed by atoms with Gasteiger partial charge in [-0.05, 0) is 32.8 Å². The van der Waals surface area contributed by atoms with Crippen LogP contribution in [0.15, 0.2) is 35.7 Å². The van der Waals surface area contributed by atoms with Gasteiger partial charge in [0.25, 0.3) is 0 Å². The molecule has 0 radical (unpaired) electrons. The number of thiazole rings is 1. The number of esters is 1. The van der Waals surface area contributed by atoms with E-state index >= 15 is 0 Å². The maximum atomic E-state index is 12.2. The van der Waals surface area contributed by atoms with Crippen LogP contribution in [-0.2, 0) is 15.9 Å². The Morgan fingerprint density at radius 3 is 2.52 bits per heavy atom. The molecular weight excluding hydrogens is 340 g/mol. The second kappa shape index (κ2) is 8.11. The highest BCUT2D eigenvalue weighted by atomic mass is 32.1. The van der Waals surface area contributed by atoms with E-state index in [1.807, 2.05) is 30.3 Å². The van der Waals surface area contributed by atoms with E-state index in [2.05, 4.69) is 15.0 Å². The van der Waals surface area contributed by atoms with E-state index in [0.29, 0.717) is 11.4 Å². The molecular formula is C18H22N2O4S. The summed E-state index contributed by atoms with van der Waals surface area (Å²) in [6.07, 6.45) is 0.0112. The second-order valence-electron chi connectivity index (χ2n) is 6.45. The molecule has 0 aliphatic rings. The van der Waals surface area contributed by atoms with Crippen LogP contribution in [0.3, 0.4) is 0 Å². The fraction of sp³-hybridized carbons (Fsp3) is 0.389. The van der Waals surface area contributed by atoms with Crippen molar-refractivity contribution >= 4 is 23.4 Å². The molecule has 6 nitrogen and oxygen atoms in total. The first-order valence-electron chi connectivity index (χ1n) is 7.85. The van der Waals surface area contributed by atoms with Gasteiger partial charge in [0.2, 0.25) is 0 Å². The van der Waals surface area contributed by atoms with Gasteiger partial charge >= 0.3 is 12.1 Å². The summed E-state index contributed by atoms with van der Waals surface area (Å²) in [4.78, 5) is 28.1. The van der Waals surface area contributed by atoms with Gasteiger partial charge < -0.3 is 14.8 Å². The van der Waals surface area contributed by atoms with Crippen LogP contribution in [0.1, 0.15) is 47.9 Å². The van der Waals surface area contributed by atoms with Crippen molar-refractivity contribution in [3.05, 3.63) is 52.0 Å². The lowest BCUT2D eigenvalue weighted by atomic mass is 10.1. The summed E-state index contributed by atoms with van der Waals surface area (Å²) < 4.78 is 10.0. The van der Waals surface area contributed by atoms with Gasteiger partial charge in [-0.15, -0.1) is 11.3 Å². The SMILES string of the molecule is COC(=O)c1csc([C@@H](Cc2ccccc2)NC(=O)OC(C)(C)C)n1. The van der Waals surface area contributed by atoms with Crippen molar-refractivity contribution in [2.24, 2.45) is 0 Å². The Morgan fingerprint density at radius 2 is 1.92 bits per heavy atom. The molecule has 0 fully saturated rings. The molecule has 0 aliphatic carbocycles. The molecule has 0 spiro atoms. The summed E-state index contributed by atoms with van der Waals surface area (Å²) >= 11 is 1.30. The molecule has 2 aromatic rings. The number of rotatable bonds is 5. The highest BCUT2D eigenvalue weighted by Gasteiger charge is 2.24. The van der Waals surface area contributed by atoms with Gasteiger partial charge in [0.1, 0.15) is 10.6 Å². The molecule has 1 aromatic heterocycles. The van der Waals surface area contributed by atoms with Gasteiger partial charge in [-0.3, -0.25) is 0 Å². The minimum Gasteiger partial charge on any atom is -0.464 e. The summed E-state index contributed by atoms with van der Waals surface area (Å²) in [7, 11) is 1.31. The summed E-state index contributed by atoms with van der Waals surface area (Å²) in [5.41, 5.74) is 0.673. The maximum absolute atomic E-state index is 12.2. The monoisotopic (exact) mass is 362 g/mol. The minimum atomic E-state index is -0.596. The summed E-state index contributed by atoms with van der Waals surface area (Å²) in [6.45, 7) is 5.41. The van der Waals surface area contributed by atoms with Gasteiger partial charge in [0, 0.05) is 5.38 Å². The number of hydrogen-bond donors (Lipinski definition) is 1. The Balaban J connectivity index is 2.21. The Labute approximate surface area is 151 Å². The third-order valence-electron chi connectivity index (χ3n) is 3.19. The second-order valence-corrected chi connectivity index (χ2v) is 7.34. The smallest absolute Gasteiger partial charge is 0.408 e. The summed E-state index contributed by atoms with van der Waals surface area (Å²) in [6, 6.07) is 9.33. The van der Waals surface area contributed by atoms with Crippen LogP contribution >= 0.6 is 11.3 Å². The first-order valence-corrected chi connectivity index (χ1v) is 8.73. The van der Waals surface area contributed by atoms with Crippen LogP contribution in [-0.4, -0.2) is 29.8 Å². The van der Waals surface area contributed by atoms with Gasteiger partial charge in [-0.25, -0.2) is 14.6 Å². The Bertz CT molecular complexity index is 722. The number of ether oxygens (including phenoxy) is 2. The van der Waals surface area contributed by atoms with Gasteiger partial charge in [-0.1, -0.05) is 30.3 Å². The van der Waals surface area contributed by atoms with Crippen molar-refractivity contribution in [3.63, 3.8) is 0 Å². The minimum absolute atomic E-state index is 0.228. The number of benzene rings is 1. The number of aromatic nitrogens is 1. The molecule has 7 heteroatoms. The molecule has 0 saturated carbocycles. The van der Waals surface area contributed by atoms with Gasteiger partial charge in [0.15, 0.2) is 5.69 Å². The van der Waals surface area contributed by atoms with Crippen LogP contribution in [0.2, 0.25) is 0 Å². The molecule has 134 valence electrons. The average Bonchev–Trinajstić information content (AvgIpc) is 3.02. The first kappa shape index (κ1) is 18.9. The number of amides is 1. The predicted molar refractivity (Wildman–Crippen MR) is 95.7 cm³/mol. The van der Waals surface area contributed by atoms with E-state index in [-0.39, 0.29) is 5.69 Å². The fourth-order valence-corrected chi connectivity index (χ4v) is 2.98. The average molecular weight is 362 g/mol. The van der Waals surface area contributed by atoms with Gasteiger partial charge in [-0.2, -0.15) is 0 Å². The highest BCUT2D eigenvalue weighted by molar-refractivity contribution is 7.09. The van der Waals surface area contributed by atoms with Crippen molar-refractivity contribution in [1.29, 1.82) is 0 Å². The molecule has 25 heavy (non-hydrogen) atoms. The van der Waals surface area contributed by atoms with Crippen LogP contribution in [0.5, 0.6) is 0 Å². The number of nitrogens with one attached hydrogen (secondary N) is 1. The number of alkyl carbamates (subject to hydrolysis) is 1. The van der Waals surface area contributed by atoms with Crippen LogP contribution in [0, 0.1) is 0 Å². The molecule has 1 aromatic carbocycles. The van der Waals surface area contributed by atoms with Crippen molar-refractivity contribution in [2.75, 3.05) is 7.11 Å². The van der Waals surface area contributed by atoms with E-state index in [0.717, 1.165) is 5.56 Å². The molecule has 0 bridgehead atoms. The third-order valence-corrected chi connectivity index (χ3v) is 4.15. The van der Waals surface area contributed by atoms with Crippen LogP contribution in [0.25, 0.3) is 0 Å². The van der Waals surface area contributed by atoms with E-state index in [1.165, 1.54) is 18.4 Å². The summed E-state index contributed by atoms with van der Waals surface area (Å²) in [5.74, 6) is -0.502. The van der Waals surface area contributed by atoms with E-state index < -0.39 is 23.7 Å². The highest BCUT2D eigenvalue weighted by Crippen LogP contribution is 2.23. The molecule has 1 amide bonds. The summed E-state index contributed by atoms with van der Waals surface area (Å²) in [5, 5.41) is 5.08. The van der Waals surface area contributed by atoms with Gasteiger partial charge in [0.05, 0.1) is 13.2 Å². The molecule has 0 aliphatic heterocycles. The first-order chi connectivity index (χ1) is 11.8. The zero-order chi connectivity index (χ0) is 18.4. The van der Waals surface area contributed by atoms with Crippen molar-refractivity contribution < 1.29 is 19.1 Å². The topological polar surface area (TPSA) is 77.5 Å². The Hall–Kier alpha value is -2.41. The lowest BCUT2D eigenvalue weighted by Gasteiger charge is -2.23. The Kier molecular flexibility index (Phi) is 6.14. The number of carbonyl (C=O) groups excluding carboxylic acids is 2. The van der Waals surface area contributed by atoms with Crippen molar-refractivity contribution in [1.82, 2.24) is 10.3 Å². The molecule has 1 N–H and O–H groups in total. The van der Waals surface area contributed by atoms with Crippen molar-refractivity contribution in [2.45, 2.75) is 38.8 Å². The molecule has 0 saturated heterocycles. The zero-order valence-corrected chi connectivity index (χ0v) is 15.6. The number of methoxy groups -OCH3 is 1. The van der Waals surface area contributed by atoms with Crippen LogP contribution < -0.4 is 5.32 Å². The normalized spacial score (nSPS) is 12.3. The van der Waals surface area contributed by atoms with Crippen LogP contribution in [0.4, 0.5) is 4.79 Å². The molecule has 0 unspecified atom stereocenters. The number of hydrogen-bond acceptors (Lipinski definition) is 6. The predicted octanol–water partition coefficient (Wildman–Crippen LogP) is 3.74. The van der Waals surface area contributed by atoms with E-state index in [9.17, 15) is 9.59 Å². The van der Waals surface area contributed by atoms with E-state index in [1.54, 1.807) is 26.2 Å². The molecule has 1 atom stereocenters. The zero-order valence-electron chi connectivity index (χ0n) is 14.7. The Morgan fingerprint density at radius 1 is 1.24 bits per heavy atom. The lowest BCUT2D eigenvalue weighted by molar-refractivity contribution is 0.0503. The standard InChI is InChI=1S/C18H22N2O4S/c1-18(2,3)24-17(22)20-13(10-12-8-6-5-7-9-12)15-19-14(11-25-15)16(21)23-4/h5-9,11,13H,10H2,1-4H3,(H,20,22)/t13-/m1/s1. The number of carbonyl (C=O) groups is 2. The van der Waals surface area contributed by atoms with Crippen molar-refractivity contribution in [3.8, 4) is 0 Å². The fourth-order valence-electron chi connectivity index (χ4n) is 2.15. The quantitative estimate of drug-likeness (QED) is 0.820. The van der Waals surface area contributed by atoms with E-state index in [4.69, 9.17) is 4.74 Å². The molecule has 2 rings (SSSR count). The maximum Gasteiger partial charge on any atom is 0.408 e. The third kappa shape index (κ3) is 5.86. The molecule has 1 heterocycles. The largest absolute Gasteiger partial charge is 0.464 e. The number of nitrogens with zero attached hydrogens (tertiary/aromatic N) is 1.